The van der Waals surface area contributed by atoms with Crippen LogP contribution in [0.4, 0.5) is 0 Å². The molecule has 0 aliphatic carbocycles. The van der Waals surface area contributed by atoms with Gasteiger partial charge in [0, 0.05) is 12.5 Å². The molecule has 0 aliphatic rings. The number of aromatic nitrogens is 2. The number of amides is 1. The lowest BCUT2D eigenvalue weighted by atomic mass is 10.3. The van der Waals surface area contributed by atoms with E-state index in [0.717, 1.165) is 6.26 Å². The van der Waals surface area contributed by atoms with Crippen LogP contribution < -0.4 is 5.32 Å². The lowest BCUT2D eigenvalue weighted by molar-refractivity contribution is -0.138. The molecule has 21 heavy (non-hydrogen) atoms. The van der Waals surface area contributed by atoms with Crippen molar-refractivity contribution in [1.82, 2.24) is 14.7 Å². The van der Waals surface area contributed by atoms with Gasteiger partial charge in [-0.25, -0.2) is 13.4 Å². The number of hydrogen-bond acceptors (Lipinski definition) is 5. The van der Waals surface area contributed by atoms with Crippen LogP contribution in [0.25, 0.3) is 5.52 Å². The van der Waals surface area contributed by atoms with Gasteiger partial charge >= 0.3 is 5.97 Å². The summed E-state index contributed by atoms with van der Waals surface area (Å²) in [7, 11) is -3.63. The van der Waals surface area contributed by atoms with Crippen LogP contribution in [0.1, 0.15) is 17.4 Å². The van der Waals surface area contributed by atoms with E-state index in [-0.39, 0.29) is 16.4 Å². The lowest BCUT2D eigenvalue weighted by Crippen LogP contribution is -2.38. The smallest absolute Gasteiger partial charge is 0.325 e. The van der Waals surface area contributed by atoms with Gasteiger partial charge in [-0.05, 0) is 19.1 Å². The molecule has 8 nitrogen and oxygen atoms in total. The third-order valence-corrected chi connectivity index (χ3v) is 3.73. The molecule has 0 aromatic carbocycles. The number of carboxylic acid groups (broad SMARTS) is 1. The van der Waals surface area contributed by atoms with E-state index in [0.29, 0.717) is 0 Å². The highest BCUT2D eigenvalue weighted by molar-refractivity contribution is 7.90. The van der Waals surface area contributed by atoms with E-state index in [4.69, 9.17) is 5.11 Å². The summed E-state index contributed by atoms with van der Waals surface area (Å²) in [6, 6.07) is 3.65. The number of rotatable bonds is 4. The van der Waals surface area contributed by atoms with E-state index < -0.39 is 27.8 Å². The predicted molar refractivity (Wildman–Crippen MR) is 72.9 cm³/mol. The first kappa shape index (κ1) is 15.0. The van der Waals surface area contributed by atoms with E-state index in [9.17, 15) is 18.0 Å². The highest BCUT2D eigenvalue weighted by Crippen LogP contribution is 2.16. The second-order valence-corrected chi connectivity index (χ2v) is 6.41. The van der Waals surface area contributed by atoms with Crippen molar-refractivity contribution in [2.75, 3.05) is 6.26 Å². The normalized spacial score (nSPS) is 13.0. The molecule has 112 valence electrons. The standard InChI is InChI=1S/C12H13N3O5S/c1-7(11(17)18)13-10(16)9-8-5-3-4-6-15(8)12(14-9)21(2,19)20/h3-7H,1-2H3,(H,13,16)(H,17,18). The number of carbonyl (C=O) groups is 2. The van der Waals surface area contributed by atoms with Crippen molar-refractivity contribution >= 4 is 27.2 Å². The number of imidazole rings is 1. The highest BCUT2D eigenvalue weighted by atomic mass is 32.2. The molecule has 0 bridgehead atoms. The molecule has 0 saturated carbocycles. The number of carboxylic acids is 1. The third kappa shape index (κ3) is 2.87. The fraction of sp³-hybridized carbons (Fsp3) is 0.250. The molecular formula is C12H13N3O5S. The Morgan fingerprint density at radius 1 is 1.38 bits per heavy atom. The van der Waals surface area contributed by atoms with Crippen LogP contribution in [0.3, 0.4) is 0 Å². The largest absolute Gasteiger partial charge is 0.480 e. The van der Waals surface area contributed by atoms with Gasteiger partial charge < -0.3 is 10.4 Å². The Bertz CT molecular complexity index is 825. The molecule has 1 atom stereocenters. The van der Waals surface area contributed by atoms with Gasteiger partial charge in [-0.2, -0.15) is 0 Å². The fourth-order valence-electron chi connectivity index (χ4n) is 1.77. The summed E-state index contributed by atoms with van der Waals surface area (Å²) in [5.41, 5.74) is 0.150. The average molecular weight is 311 g/mol. The zero-order valence-corrected chi connectivity index (χ0v) is 12.1. The van der Waals surface area contributed by atoms with Gasteiger partial charge in [0.1, 0.15) is 6.04 Å². The molecule has 2 aromatic heterocycles. The fourth-order valence-corrected chi connectivity index (χ4v) is 2.54. The number of sulfone groups is 1. The second kappa shape index (κ2) is 5.17. The van der Waals surface area contributed by atoms with Crippen molar-refractivity contribution in [2.24, 2.45) is 0 Å². The zero-order chi connectivity index (χ0) is 15.8. The van der Waals surface area contributed by atoms with E-state index in [1.165, 1.54) is 23.6 Å². The van der Waals surface area contributed by atoms with Gasteiger partial charge in [0.15, 0.2) is 5.69 Å². The maximum atomic E-state index is 12.1. The Morgan fingerprint density at radius 3 is 2.62 bits per heavy atom. The van der Waals surface area contributed by atoms with Crippen molar-refractivity contribution in [3.05, 3.63) is 30.1 Å². The number of fused-ring (bicyclic) bond motifs is 1. The molecule has 0 radical (unpaired) electrons. The molecule has 2 N–H and O–H groups in total. The molecule has 2 rings (SSSR count). The maximum Gasteiger partial charge on any atom is 0.325 e. The summed E-state index contributed by atoms with van der Waals surface area (Å²) in [5, 5.41) is 10.8. The Morgan fingerprint density at radius 2 is 2.05 bits per heavy atom. The average Bonchev–Trinajstić information content (AvgIpc) is 2.77. The monoisotopic (exact) mass is 311 g/mol. The van der Waals surface area contributed by atoms with Crippen LogP contribution in [0.15, 0.2) is 29.6 Å². The molecule has 1 amide bonds. The lowest BCUT2D eigenvalue weighted by Gasteiger charge is -2.07. The Kier molecular flexibility index (Phi) is 3.69. The van der Waals surface area contributed by atoms with Gasteiger partial charge in [0.05, 0.1) is 5.52 Å². The predicted octanol–water partition coefficient (Wildman–Crippen LogP) is -0.0593. The van der Waals surface area contributed by atoms with Crippen molar-refractivity contribution in [3.63, 3.8) is 0 Å². The van der Waals surface area contributed by atoms with Crippen molar-refractivity contribution in [3.8, 4) is 0 Å². The minimum absolute atomic E-state index is 0.135. The molecule has 1 unspecified atom stereocenters. The number of carbonyl (C=O) groups excluding carboxylic acids is 1. The SMILES string of the molecule is CC(NC(=O)c1nc(S(C)(=O)=O)n2ccccc12)C(=O)O. The van der Waals surface area contributed by atoms with Crippen LogP contribution in [-0.4, -0.2) is 47.1 Å². The number of hydrogen-bond donors (Lipinski definition) is 2. The van der Waals surface area contributed by atoms with Gasteiger partial charge in [-0.3, -0.25) is 14.0 Å². The summed E-state index contributed by atoms with van der Waals surface area (Å²) >= 11 is 0. The summed E-state index contributed by atoms with van der Waals surface area (Å²) in [4.78, 5) is 26.7. The van der Waals surface area contributed by atoms with E-state index in [1.54, 1.807) is 12.1 Å². The summed E-state index contributed by atoms with van der Waals surface area (Å²) < 4.78 is 24.7. The topological polar surface area (TPSA) is 118 Å². The number of pyridine rings is 1. The van der Waals surface area contributed by atoms with Crippen molar-refractivity contribution in [1.29, 1.82) is 0 Å². The molecule has 0 spiro atoms. The summed E-state index contributed by atoms with van der Waals surface area (Å²) in [6.07, 6.45) is 2.45. The molecular weight excluding hydrogens is 298 g/mol. The maximum absolute atomic E-state index is 12.1. The van der Waals surface area contributed by atoms with Gasteiger partial charge in [0.25, 0.3) is 5.91 Å². The van der Waals surface area contributed by atoms with Gasteiger partial charge in [-0.15, -0.1) is 0 Å². The first-order chi connectivity index (χ1) is 9.71. The molecule has 9 heteroatoms. The molecule has 0 aliphatic heterocycles. The van der Waals surface area contributed by atoms with E-state index in [1.807, 2.05) is 0 Å². The number of aliphatic carboxylic acids is 1. The summed E-state index contributed by atoms with van der Waals surface area (Å²) in [5.74, 6) is -1.95. The Balaban J connectivity index is 2.55. The van der Waals surface area contributed by atoms with Crippen LogP contribution in [0.2, 0.25) is 0 Å². The van der Waals surface area contributed by atoms with Crippen LogP contribution in [0, 0.1) is 0 Å². The molecule has 0 saturated heterocycles. The van der Waals surface area contributed by atoms with Gasteiger partial charge in [0.2, 0.25) is 15.0 Å². The van der Waals surface area contributed by atoms with Crippen molar-refractivity contribution < 1.29 is 23.1 Å². The Labute approximate surface area is 120 Å². The van der Waals surface area contributed by atoms with E-state index >= 15 is 0 Å². The quantitative estimate of drug-likeness (QED) is 0.816. The number of nitrogens with zero attached hydrogens (tertiary/aromatic N) is 2. The van der Waals surface area contributed by atoms with Gasteiger partial charge in [-0.1, -0.05) is 6.07 Å². The second-order valence-electron chi connectivity index (χ2n) is 4.50. The molecule has 0 fully saturated rings. The molecule has 2 aromatic rings. The molecule has 2 heterocycles. The van der Waals surface area contributed by atoms with Crippen LogP contribution >= 0.6 is 0 Å². The first-order valence-electron chi connectivity index (χ1n) is 5.92. The highest BCUT2D eigenvalue weighted by Gasteiger charge is 2.24. The zero-order valence-electron chi connectivity index (χ0n) is 11.3. The first-order valence-corrected chi connectivity index (χ1v) is 7.81. The van der Waals surface area contributed by atoms with Crippen LogP contribution in [-0.2, 0) is 14.6 Å². The summed E-state index contributed by atoms with van der Waals surface area (Å²) in [6.45, 7) is 1.30. The van der Waals surface area contributed by atoms with Crippen molar-refractivity contribution in [2.45, 2.75) is 18.1 Å². The van der Waals surface area contributed by atoms with Crippen LogP contribution in [0.5, 0.6) is 0 Å². The number of nitrogens with one attached hydrogen (secondary N) is 1. The Hall–Kier alpha value is -2.42. The minimum Gasteiger partial charge on any atom is -0.480 e. The third-order valence-electron chi connectivity index (χ3n) is 2.78. The van der Waals surface area contributed by atoms with E-state index in [2.05, 4.69) is 10.3 Å². The minimum atomic E-state index is -3.63.